The van der Waals surface area contributed by atoms with E-state index in [0.29, 0.717) is 24.0 Å². The van der Waals surface area contributed by atoms with E-state index in [0.717, 1.165) is 38.5 Å². The van der Waals surface area contributed by atoms with Gasteiger partial charge in [0.15, 0.2) is 0 Å². The molecule has 0 aromatic rings. The van der Waals surface area contributed by atoms with Crippen LogP contribution in [0.15, 0.2) is 0 Å². The highest BCUT2D eigenvalue weighted by Gasteiger charge is 2.46. The van der Waals surface area contributed by atoms with Crippen LogP contribution in [0.3, 0.4) is 0 Å². The normalized spacial score (nSPS) is 44.4. The van der Waals surface area contributed by atoms with Gasteiger partial charge in [-0.3, -0.25) is 0 Å². The molecule has 2 N–H and O–H groups in total. The van der Waals surface area contributed by atoms with Gasteiger partial charge in [-0.05, 0) is 44.4 Å². The van der Waals surface area contributed by atoms with Crippen molar-refractivity contribution >= 4 is 9.84 Å². The number of rotatable bonds is 3. The highest BCUT2D eigenvalue weighted by atomic mass is 32.2. The number of nitrogens with two attached hydrogens (primary N) is 1. The van der Waals surface area contributed by atoms with E-state index in [2.05, 4.69) is 0 Å². The summed E-state index contributed by atoms with van der Waals surface area (Å²) in [4.78, 5) is 0. The second kappa shape index (κ2) is 5.01. The van der Waals surface area contributed by atoms with E-state index in [4.69, 9.17) is 10.5 Å². The number of sulfone groups is 1. The lowest BCUT2D eigenvalue weighted by Crippen LogP contribution is -2.45. The van der Waals surface area contributed by atoms with Crippen LogP contribution in [-0.2, 0) is 14.6 Å². The molecule has 19 heavy (non-hydrogen) atoms. The third-order valence-electron chi connectivity index (χ3n) is 5.46. The van der Waals surface area contributed by atoms with E-state index >= 15 is 0 Å². The van der Waals surface area contributed by atoms with E-state index in [9.17, 15) is 8.42 Å². The van der Waals surface area contributed by atoms with E-state index in [1.54, 1.807) is 0 Å². The molecule has 6 atom stereocenters. The minimum absolute atomic E-state index is 0.125. The predicted molar refractivity (Wildman–Crippen MR) is 74.6 cm³/mol. The molecule has 3 aliphatic rings. The Balaban J connectivity index is 1.65. The number of fused-ring (bicyclic) bond motifs is 2. The van der Waals surface area contributed by atoms with Gasteiger partial charge in [0.1, 0.15) is 9.84 Å². The number of ether oxygens (including phenoxy) is 1. The molecule has 2 heterocycles. The first-order chi connectivity index (χ1) is 8.95. The van der Waals surface area contributed by atoms with E-state index in [-0.39, 0.29) is 11.3 Å². The molecule has 0 spiro atoms. The topological polar surface area (TPSA) is 69.4 Å². The number of hydrogen-bond donors (Lipinski definition) is 1. The van der Waals surface area contributed by atoms with Gasteiger partial charge >= 0.3 is 0 Å². The Morgan fingerprint density at radius 3 is 2.53 bits per heavy atom. The lowest BCUT2D eigenvalue weighted by molar-refractivity contribution is 0.0814. The molecule has 6 unspecified atom stereocenters. The van der Waals surface area contributed by atoms with Crippen molar-refractivity contribution in [2.75, 3.05) is 6.26 Å². The summed E-state index contributed by atoms with van der Waals surface area (Å²) >= 11 is 0. The van der Waals surface area contributed by atoms with Gasteiger partial charge in [0.2, 0.25) is 0 Å². The van der Waals surface area contributed by atoms with Crippen molar-refractivity contribution in [1.82, 2.24) is 0 Å². The fourth-order valence-corrected chi connectivity index (χ4v) is 5.54. The Morgan fingerprint density at radius 1 is 1.16 bits per heavy atom. The number of hydrogen-bond acceptors (Lipinski definition) is 4. The SMILES string of the molecule is CS(=O)(=O)C1CCCC(C(N)C2CC3CCC2O3)C1. The van der Waals surface area contributed by atoms with Crippen molar-refractivity contribution in [2.24, 2.45) is 17.6 Å². The van der Waals surface area contributed by atoms with E-state index < -0.39 is 9.84 Å². The average molecular weight is 287 g/mol. The van der Waals surface area contributed by atoms with Crippen molar-refractivity contribution in [3.05, 3.63) is 0 Å². The summed E-state index contributed by atoms with van der Waals surface area (Å²) in [5, 5.41) is -0.170. The van der Waals surface area contributed by atoms with Crippen molar-refractivity contribution < 1.29 is 13.2 Å². The molecule has 1 saturated carbocycles. The van der Waals surface area contributed by atoms with Crippen LogP contribution in [0.2, 0.25) is 0 Å². The van der Waals surface area contributed by atoms with Crippen LogP contribution >= 0.6 is 0 Å². The molecule has 0 aromatic carbocycles. The zero-order valence-electron chi connectivity index (χ0n) is 11.6. The molecule has 2 saturated heterocycles. The summed E-state index contributed by atoms with van der Waals surface area (Å²) in [6, 6.07) is 0.125. The highest BCUT2D eigenvalue weighted by molar-refractivity contribution is 7.91. The first kappa shape index (κ1) is 13.8. The standard InChI is InChI=1S/C14H25NO3S/c1-19(16,17)11-4-2-3-9(7-11)14(15)12-8-10-5-6-13(12)18-10/h9-14H,2-8,15H2,1H3. The average Bonchev–Trinajstić information content (AvgIpc) is 2.99. The lowest BCUT2D eigenvalue weighted by atomic mass is 9.74. The zero-order valence-corrected chi connectivity index (χ0v) is 12.4. The molecule has 5 heteroatoms. The van der Waals surface area contributed by atoms with Crippen LogP contribution in [0, 0.1) is 11.8 Å². The summed E-state index contributed by atoms with van der Waals surface area (Å²) < 4.78 is 29.4. The largest absolute Gasteiger partial charge is 0.375 e. The minimum atomic E-state index is -2.91. The molecule has 2 aliphatic heterocycles. The Kier molecular flexibility index (Phi) is 3.65. The molecule has 0 amide bonds. The molecule has 1 aliphatic carbocycles. The maximum Gasteiger partial charge on any atom is 0.150 e. The van der Waals surface area contributed by atoms with E-state index in [1.165, 1.54) is 12.7 Å². The fourth-order valence-electron chi connectivity index (χ4n) is 4.35. The summed E-state index contributed by atoms with van der Waals surface area (Å²) in [7, 11) is -2.91. The van der Waals surface area contributed by atoms with Crippen LogP contribution in [-0.4, -0.2) is 38.2 Å². The van der Waals surface area contributed by atoms with Gasteiger partial charge in [-0.1, -0.05) is 6.42 Å². The first-order valence-electron chi connectivity index (χ1n) is 7.55. The van der Waals surface area contributed by atoms with Crippen LogP contribution in [0.1, 0.15) is 44.9 Å². The first-order valence-corrected chi connectivity index (χ1v) is 9.50. The third-order valence-corrected chi connectivity index (χ3v) is 7.10. The molecular weight excluding hydrogens is 262 g/mol. The smallest absolute Gasteiger partial charge is 0.150 e. The van der Waals surface area contributed by atoms with Crippen LogP contribution in [0.4, 0.5) is 0 Å². The quantitative estimate of drug-likeness (QED) is 0.853. The van der Waals surface area contributed by atoms with Gasteiger partial charge in [0.05, 0.1) is 17.5 Å². The lowest BCUT2D eigenvalue weighted by Gasteiger charge is -2.36. The van der Waals surface area contributed by atoms with Gasteiger partial charge in [-0.25, -0.2) is 8.42 Å². The second-order valence-corrected chi connectivity index (χ2v) is 9.05. The fraction of sp³-hybridized carbons (Fsp3) is 1.00. The van der Waals surface area contributed by atoms with Crippen molar-refractivity contribution in [3.63, 3.8) is 0 Å². The van der Waals surface area contributed by atoms with Gasteiger partial charge in [0.25, 0.3) is 0 Å². The summed E-state index contributed by atoms with van der Waals surface area (Å²) in [5.74, 6) is 0.823. The Labute approximate surface area is 116 Å². The Morgan fingerprint density at radius 2 is 1.95 bits per heavy atom. The Hall–Kier alpha value is -0.130. The molecule has 0 radical (unpaired) electrons. The third kappa shape index (κ3) is 2.69. The van der Waals surface area contributed by atoms with Crippen LogP contribution < -0.4 is 5.73 Å². The van der Waals surface area contributed by atoms with Crippen molar-refractivity contribution in [3.8, 4) is 0 Å². The molecule has 3 rings (SSSR count). The second-order valence-electron chi connectivity index (χ2n) is 6.73. The van der Waals surface area contributed by atoms with Gasteiger partial charge < -0.3 is 10.5 Å². The summed E-state index contributed by atoms with van der Waals surface area (Å²) in [5.41, 5.74) is 6.47. The van der Waals surface area contributed by atoms with Crippen LogP contribution in [0.5, 0.6) is 0 Å². The van der Waals surface area contributed by atoms with Crippen molar-refractivity contribution in [1.29, 1.82) is 0 Å². The van der Waals surface area contributed by atoms with E-state index in [1.807, 2.05) is 0 Å². The zero-order chi connectivity index (χ0) is 13.6. The highest BCUT2D eigenvalue weighted by Crippen LogP contribution is 2.43. The monoisotopic (exact) mass is 287 g/mol. The molecule has 3 fully saturated rings. The maximum absolute atomic E-state index is 11.7. The maximum atomic E-state index is 11.7. The van der Waals surface area contributed by atoms with Gasteiger partial charge in [-0.2, -0.15) is 0 Å². The minimum Gasteiger partial charge on any atom is -0.375 e. The molecular formula is C14H25NO3S. The molecule has 110 valence electrons. The molecule has 0 aromatic heterocycles. The molecule has 4 nitrogen and oxygen atoms in total. The summed E-state index contributed by atoms with van der Waals surface area (Å²) in [6.45, 7) is 0. The van der Waals surface area contributed by atoms with Gasteiger partial charge in [-0.15, -0.1) is 0 Å². The van der Waals surface area contributed by atoms with Crippen molar-refractivity contribution in [2.45, 2.75) is 68.4 Å². The van der Waals surface area contributed by atoms with Crippen LogP contribution in [0.25, 0.3) is 0 Å². The molecule has 2 bridgehead atoms. The Bertz CT molecular complexity index is 436. The summed E-state index contributed by atoms with van der Waals surface area (Å²) in [6.07, 6.45) is 9.21. The van der Waals surface area contributed by atoms with Gasteiger partial charge in [0, 0.05) is 18.2 Å². The predicted octanol–water partition coefficient (Wildman–Crippen LogP) is 1.48.